The maximum Gasteiger partial charge on any atom is 0.270 e. The number of rotatable bonds is 11. The monoisotopic (exact) mass is 597 g/mol. The Morgan fingerprint density at radius 3 is 2.40 bits per heavy atom. The topological polar surface area (TPSA) is 153 Å². The molecule has 0 bridgehead atoms. The molecule has 0 aromatic heterocycles. The van der Waals surface area contributed by atoms with Gasteiger partial charge in [-0.05, 0) is 37.3 Å². The highest BCUT2D eigenvalue weighted by molar-refractivity contribution is 7.92. The Labute approximate surface area is 243 Å². The number of carbonyl (C=O) groups excluding carboxylic acids is 1. The third kappa shape index (κ3) is 6.95. The molecular weight excluding hydrogens is 566 g/mol. The van der Waals surface area contributed by atoms with Crippen LogP contribution in [0.5, 0.6) is 11.5 Å². The van der Waals surface area contributed by atoms with Gasteiger partial charge in [0.05, 0.1) is 49.2 Å². The average Bonchev–Trinajstić information content (AvgIpc) is 3.00. The van der Waals surface area contributed by atoms with Crippen molar-refractivity contribution in [2.75, 3.05) is 56.3 Å². The van der Waals surface area contributed by atoms with Crippen LogP contribution in [-0.4, -0.2) is 72.5 Å². The molecule has 1 saturated heterocycles. The molecule has 14 heteroatoms. The normalized spacial score (nSPS) is 13.5. The maximum absolute atomic E-state index is 13.7. The predicted octanol–water partition coefficient (Wildman–Crippen LogP) is 3.10. The van der Waals surface area contributed by atoms with Crippen LogP contribution in [0.15, 0.2) is 70.7 Å². The number of hydrogen-bond donors (Lipinski definition) is 1. The van der Waals surface area contributed by atoms with Crippen LogP contribution in [0, 0.1) is 17.0 Å². The van der Waals surface area contributed by atoms with Gasteiger partial charge >= 0.3 is 0 Å². The van der Waals surface area contributed by atoms with E-state index in [1.807, 2.05) is 11.8 Å². The van der Waals surface area contributed by atoms with Crippen molar-refractivity contribution < 1.29 is 32.3 Å². The first-order valence-corrected chi connectivity index (χ1v) is 14.3. The van der Waals surface area contributed by atoms with E-state index in [9.17, 15) is 23.3 Å². The molecule has 42 heavy (non-hydrogen) atoms. The number of nitro benzene ring substituents is 1. The van der Waals surface area contributed by atoms with Crippen molar-refractivity contribution in [3.63, 3.8) is 0 Å². The zero-order valence-electron chi connectivity index (χ0n) is 23.3. The van der Waals surface area contributed by atoms with E-state index >= 15 is 0 Å². The Morgan fingerprint density at radius 1 is 1.07 bits per heavy atom. The van der Waals surface area contributed by atoms with E-state index < -0.39 is 27.4 Å². The van der Waals surface area contributed by atoms with Gasteiger partial charge in [-0.1, -0.05) is 17.7 Å². The minimum Gasteiger partial charge on any atom is -0.493 e. The number of carbonyl (C=O) groups is 1. The number of hydrogen-bond acceptors (Lipinski definition) is 10. The number of ether oxygens (including phenoxy) is 3. The van der Waals surface area contributed by atoms with E-state index in [2.05, 4.69) is 10.5 Å². The van der Waals surface area contributed by atoms with Gasteiger partial charge in [-0.3, -0.25) is 19.2 Å². The quantitative estimate of drug-likeness (QED) is 0.200. The zero-order chi connectivity index (χ0) is 30.3. The molecule has 0 spiro atoms. The number of non-ortho nitro benzene ring substituents is 1. The Bertz CT molecular complexity index is 1570. The van der Waals surface area contributed by atoms with Crippen LogP contribution < -0.4 is 24.1 Å². The van der Waals surface area contributed by atoms with E-state index in [0.29, 0.717) is 43.3 Å². The Balaban J connectivity index is 1.62. The highest BCUT2D eigenvalue weighted by Crippen LogP contribution is 2.34. The molecule has 0 saturated carbocycles. The van der Waals surface area contributed by atoms with Crippen LogP contribution in [0.4, 0.5) is 17.1 Å². The summed E-state index contributed by atoms with van der Waals surface area (Å²) in [5.74, 6) is -0.0788. The molecule has 13 nitrogen and oxygen atoms in total. The molecule has 4 rings (SSSR count). The van der Waals surface area contributed by atoms with Crippen LogP contribution in [0.1, 0.15) is 11.1 Å². The fraction of sp³-hybridized carbons (Fsp3) is 0.286. The largest absolute Gasteiger partial charge is 0.493 e. The Hall–Kier alpha value is -4.69. The fourth-order valence-corrected chi connectivity index (χ4v) is 5.74. The number of amides is 1. The standard InChI is InChI=1S/C28H31N5O8S/c1-20-4-8-24(9-5-20)42(37,38)32(22-7-11-26(39-2)27(17-22)40-3)19-28(34)30-29-18-21-16-23(33(35)36)6-10-25(21)31-12-14-41-15-13-31/h4-11,16-18H,12-15,19H2,1-3H3,(H,30,34)/b29-18-. The molecule has 1 fully saturated rings. The predicted molar refractivity (Wildman–Crippen MR) is 157 cm³/mol. The van der Waals surface area contributed by atoms with Crippen LogP contribution in [0.2, 0.25) is 0 Å². The summed E-state index contributed by atoms with van der Waals surface area (Å²) in [7, 11) is -1.32. The van der Waals surface area contributed by atoms with E-state index in [-0.39, 0.29) is 22.0 Å². The van der Waals surface area contributed by atoms with Crippen molar-refractivity contribution in [3.8, 4) is 11.5 Å². The van der Waals surface area contributed by atoms with Crippen molar-refractivity contribution in [3.05, 3.63) is 81.9 Å². The number of sulfonamides is 1. The second kappa shape index (κ2) is 13.3. The van der Waals surface area contributed by atoms with Crippen molar-refractivity contribution in [2.24, 2.45) is 5.10 Å². The molecule has 1 heterocycles. The Morgan fingerprint density at radius 2 is 1.76 bits per heavy atom. The van der Waals surface area contributed by atoms with Gasteiger partial charge in [0.15, 0.2) is 11.5 Å². The minimum absolute atomic E-state index is 0.00839. The molecule has 1 aliphatic heterocycles. The molecular formula is C28H31N5O8S. The summed E-state index contributed by atoms with van der Waals surface area (Å²) in [6, 6.07) is 15.1. The summed E-state index contributed by atoms with van der Waals surface area (Å²) in [6.45, 7) is 3.40. The summed E-state index contributed by atoms with van der Waals surface area (Å²) in [5, 5.41) is 15.4. The minimum atomic E-state index is -4.19. The molecule has 0 aliphatic carbocycles. The molecule has 1 aliphatic rings. The summed E-state index contributed by atoms with van der Waals surface area (Å²) in [5.41, 5.74) is 4.36. The van der Waals surface area contributed by atoms with Crippen molar-refractivity contribution >= 4 is 39.2 Å². The number of aryl methyl sites for hydroxylation is 1. The maximum atomic E-state index is 13.7. The lowest BCUT2D eigenvalue weighted by Crippen LogP contribution is -2.39. The molecule has 3 aromatic rings. The van der Waals surface area contributed by atoms with Gasteiger partial charge < -0.3 is 19.1 Å². The van der Waals surface area contributed by atoms with Crippen molar-refractivity contribution in [1.29, 1.82) is 0 Å². The number of nitro groups is 1. The first-order chi connectivity index (χ1) is 20.1. The Kier molecular flexibility index (Phi) is 9.60. The molecule has 0 unspecified atom stereocenters. The number of benzene rings is 3. The van der Waals surface area contributed by atoms with E-state index in [4.69, 9.17) is 14.2 Å². The van der Waals surface area contributed by atoms with Gasteiger partial charge in [-0.15, -0.1) is 0 Å². The molecule has 0 atom stereocenters. The van der Waals surface area contributed by atoms with E-state index in [0.717, 1.165) is 9.87 Å². The summed E-state index contributed by atoms with van der Waals surface area (Å²) < 4.78 is 44.3. The third-order valence-electron chi connectivity index (χ3n) is 6.52. The van der Waals surface area contributed by atoms with Gasteiger partial charge in [0.2, 0.25) is 0 Å². The van der Waals surface area contributed by atoms with Crippen molar-refractivity contribution in [1.82, 2.24) is 5.43 Å². The van der Waals surface area contributed by atoms with Gasteiger partial charge in [-0.25, -0.2) is 13.8 Å². The lowest BCUT2D eigenvalue weighted by molar-refractivity contribution is -0.384. The van der Waals surface area contributed by atoms with Gasteiger partial charge in [-0.2, -0.15) is 5.10 Å². The molecule has 3 aromatic carbocycles. The third-order valence-corrected chi connectivity index (χ3v) is 8.31. The second-order valence-electron chi connectivity index (χ2n) is 9.26. The lowest BCUT2D eigenvalue weighted by atomic mass is 10.1. The average molecular weight is 598 g/mol. The van der Waals surface area contributed by atoms with Gasteiger partial charge in [0.1, 0.15) is 6.54 Å². The van der Waals surface area contributed by atoms with Crippen LogP contribution in [0.25, 0.3) is 0 Å². The molecule has 1 amide bonds. The lowest BCUT2D eigenvalue weighted by Gasteiger charge is -2.29. The number of hydrazone groups is 1. The van der Waals surface area contributed by atoms with Crippen LogP contribution in [-0.2, 0) is 19.6 Å². The second-order valence-corrected chi connectivity index (χ2v) is 11.1. The summed E-state index contributed by atoms with van der Waals surface area (Å²) >= 11 is 0. The van der Waals surface area contributed by atoms with Crippen LogP contribution >= 0.6 is 0 Å². The van der Waals surface area contributed by atoms with E-state index in [1.165, 1.54) is 62.9 Å². The highest BCUT2D eigenvalue weighted by Gasteiger charge is 2.28. The van der Waals surface area contributed by atoms with Crippen molar-refractivity contribution in [2.45, 2.75) is 11.8 Å². The van der Waals surface area contributed by atoms with Crippen LogP contribution in [0.3, 0.4) is 0 Å². The molecule has 1 N–H and O–H groups in total. The first kappa shape index (κ1) is 30.3. The smallest absolute Gasteiger partial charge is 0.270 e. The number of anilines is 2. The highest BCUT2D eigenvalue weighted by atomic mass is 32.2. The first-order valence-electron chi connectivity index (χ1n) is 12.9. The number of methoxy groups -OCH3 is 2. The summed E-state index contributed by atoms with van der Waals surface area (Å²) in [6.07, 6.45) is 1.30. The number of morpholine rings is 1. The zero-order valence-corrected chi connectivity index (χ0v) is 24.2. The SMILES string of the molecule is COc1ccc(N(CC(=O)N/N=C\c2cc([N+](=O)[O-])ccc2N2CCOCC2)S(=O)(=O)c2ccc(C)cc2)cc1OC. The fourth-order valence-electron chi connectivity index (χ4n) is 4.32. The number of nitrogens with zero attached hydrogens (tertiary/aromatic N) is 4. The van der Waals surface area contributed by atoms with E-state index in [1.54, 1.807) is 18.2 Å². The molecule has 0 radical (unpaired) electrons. The molecule has 222 valence electrons. The summed E-state index contributed by atoms with van der Waals surface area (Å²) in [4.78, 5) is 25.9. The number of nitrogens with one attached hydrogen (secondary N) is 1. The van der Waals surface area contributed by atoms with Gasteiger partial charge in [0, 0.05) is 42.5 Å². The van der Waals surface area contributed by atoms with Gasteiger partial charge in [0.25, 0.3) is 21.6 Å².